The second kappa shape index (κ2) is 6.16. The van der Waals surface area contributed by atoms with Gasteiger partial charge in [0.15, 0.2) is 11.5 Å². The topological polar surface area (TPSA) is 42.9 Å². The van der Waals surface area contributed by atoms with Crippen LogP contribution in [0.25, 0.3) is 0 Å². The summed E-state index contributed by atoms with van der Waals surface area (Å²) in [6, 6.07) is 8.16. The van der Waals surface area contributed by atoms with Gasteiger partial charge in [0, 0.05) is 16.5 Å². The normalized spacial score (nSPS) is 23.4. The van der Waals surface area contributed by atoms with Gasteiger partial charge < -0.3 is 14.8 Å². The highest BCUT2D eigenvalue weighted by molar-refractivity contribution is 8.15. The molecule has 1 fully saturated rings. The summed E-state index contributed by atoms with van der Waals surface area (Å²) >= 11 is 1.83. The zero-order valence-corrected chi connectivity index (χ0v) is 12.7. The maximum Gasteiger partial charge on any atom is 0.184 e. The molecule has 5 heteroatoms. The third kappa shape index (κ3) is 3.16. The van der Waals surface area contributed by atoms with E-state index in [2.05, 4.69) is 30.2 Å². The number of anilines is 1. The van der Waals surface area contributed by atoms with Crippen LogP contribution in [0.2, 0.25) is 0 Å². The van der Waals surface area contributed by atoms with Crippen LogP contribution in [0.1, 0.15) is 25.7 Å². The summed E-state index contributed by atoms with van der Waals surface area (Å²) in [7, 11) is 0. The van der Waals surface area contributed by atoms with E-state index in [0.29, 0.717) is 24.4 Å². The van der Waals surface area contributed by atoms with Crippen LogP contribution in [0.4, 0.5) is 5.69 Å². The van der Waals surface area contributed by atoms with E-state index in [0.717, 1.165) is 23.0 Å². The van der Waals surface area contributed by atoms with Crippen molar-refractivity contribution in [3.63, 3.8) is 0 Å². The van der Waals surface area contributed by atoms with Gasteiger partial charge in [-0.05, 0) is 18.1 Å². The molecule has 1 N–H and O–H groups in total. The summed E-state index contributed by atoms with van der Waals surface area (Å²) in [4.78, 5) is 4.57. The van der Waals surface area contributed by atoms with Gasteiger partial charge in [-0.25, -0.2) is 0 Å². The second-order valence-corrected chi connectivity index (χ2v) is 6.60. The lowest BCUT2D eigenvalue weighted by atomic mass is 10.1. The third-order valence-electron chi connectivity index (χ3n) is 3.45. The van der Waals surface area contributed by atoms with Gasteiger partial charge in [-0.1, -0.05) is 37.7 Å². The zero-order valence-electron chi connectivity index (χ0n) is 11.8. The molecule has 0 radical (unpaired) electrons. The fourth-order valence-corrected chi connectivity index (χ4v) is 3.28. The average Bonchev–Trinajstić information content (AvgIpc) is 3.10. The fourth-order valence-electron chi connectivity index (χ4n) is 2.24. The van der Waals surface area contributed by atoms with E-state index < -0.39 is 0 Å². The van der Waals surface area contributed by atoms with E-state index in [4.69, 9.17) is 9.47 Å². The largest absolute Gasteiger partial charge is 0.346 e. The van der Waals surface area contributed by atoms with Crippen LogP contribution in [0, 0.1) is 5.92 Å². The quantitative estimate of drug-likeness (QED) is 0.928. The Balaban J connectivity index is 1.65. The van der Waals surface area contributed by atoms with Gasteiger partial charge in [-0.15, -0.1) is 0 Å². The van der Waals surface area contributed by atoms with Crippen LogP contribution < -0.4 is 5.32 Å². The Morgan fingerprint density at radius 3 is 2.80 bits per heavy atom. The van der Waals surface area contributed by atoms with E-state index >= 15 is 0 Å². The van der Waals surface area contributed by atoms with Crippen molar-refractivity contribution in [3.05, 3.63) is 29.8 Å². The van der Waals surface area contributed by atoms with Crippen LogP contribution in [0.5, 0.6) is 0 Å². The molecule has 1 aromatic rings. The summed E-state index contributed by atoms with van der Waals surface area (Å²) in [5.74, 6) is 0.648. The van der Waals surface area contributed by atoms with Crippen molar-refractivity contribution in [2.45, 2.75) is 25.4 Å². The second-order valence-electron chi connectivity index (χ2n) is 5.37. The number of ether oxygens (including phenoxy) is 2. The molecule has 108 valence electrons. The summed E-state index contributed by atoms with van der Waals surface area (Å²) in [6.07, 6.45) is -0.224. The molecule has 0 spiro atoms. The number of benzene rings is 1. The highest BCUT2D eigenvalue weighted by atomic mass is 32.2. The van der Waals surface area contributed by atoms with Crippen molar-refractivity contribution in [2.75, 3.05) is 25.1 Å². The molecule has 0 bridgehead atoms. The standard InChI is InChI=1S/C15H20N2O2S/c1-10(2)13-9-16-15(20-13)17-12-5-3-4-11(8-12)14-18-6-7-19-14/h3-5,8,10,13-14H,6-7,9H2,1-2H3,(H,16,17). The summed E-state index contributed by atoms with van der Waals surface area (Å²) in [5, 5.41) is 4.99. The van der Waals surface area contributed by atoms with Gasteiger partial charge in [0.2, 0.25) is 0 Å². The van der Waals surface area contributed by atoms with Crippen LogP contribution >= 0.6 is 11.8 Å². The molecule has 1 atom stereocenters. The smallest absolute Gasteiger partial charge is 0.184 e. The SMILES string of the molecule is CC(C)C1CN=C(Nc2cccc(C3OCCO3)c2)S1. The lowest BCUT2D eigenvalue weighted by Gasteiger charge is -2.13. The summed E-state index contributed by atoms with van der Waals surface area (Å²) in [6.45, 7) is 6.72. The fraction of sp³-hybridized carbons (Fsp3) is 0.533. The maximum absolute atomic E-state index is 5.53. The van der Waals surface area contributed by atoms with Gasteiger partial charge in [0.25, 0.3) is 0 Å². The molecule has 1 saturated heterocycles. The van der Waals surface area contributed by atoms with Crippen molar-refractivity contribution in [1.82, 2.24) is 0 Å². The Kier molecular flexibility index (Phi) is 4.29. The Labute approximate surface area is 123 Å². The first-order valence-electron chi connectivity index (χ1n) is 7.03. The molecule has 2 aliphatic rings. The highest BCUT2D eigenvalue weighted by Crippen LogP contribution is 2.29. The molecule has 20 heavy (non-hydrogen) atoms. The van der Waals surface area contributed by atoms with Crippen molar-refractivity contribution in [2.24, 2.45) is 10.9 Å². The minimum Gasteiger partial charge on any atom is -0.346 e. The number of thioether (sulfide) groups is 1. The van der Waals surface area contributed by atoms with E-state index in [1.165, 1.54) is 0 Å². The highest BCUT2D eigenvalue weighted by Gasteiger charge is 2.23. The lowest BCUT2D eigenvalue weighted by Crippen LogP contribution is -2.13. The molecular formula is C15H20N2O2S. The molecule has 1 unspecified atom stereocenters. The average molecular weight is 292 g/mol. The Morgan fingerprint density at radius 1 is 1.30 bits per heavy atom. The lowest BCUT2D eigenvalue weighted by molar-refractivity contribution is -0.0440. The molecule has 1 aromatic carbocycles. The number of hydrogen-bond donors (Lipinski definition) is 1. The van der Waals surface area contributed by atoms with Crippen LogP contribution in [0.15, 0.2) is 29.3 Å². The number of nitrogens with zero attached hydrogens (tertiary/aromatic N) is 1. The van der Waals surface area contributed by atoms with Crippen molar-refractivity contribution >= 4 is 22.6 Å². The molecule has 4 nitrogen and oxygen atoms in total. The van der Waals surface area contributed by atoms with E-state index in [1.807, 2.05) is 30.0 Å². The monoisotopic (exact) mass is 292 g/mol. The minimum atomic E-state index is -0.224. The number of amidine groups is 1. The molecule has 3 rings (SSSR count). The van der Waals surface area contributed by atoms with Gasteiger partial charge in [0.05, 0.1) is 19.8 Å². The van der Waals surface area contributed by atoms with E-state index in [1.54, 1.807) is 0 Å². The number of nitrogens with one attached hydrogen (secondary N) is 1. The summed E-state index contributed by atoms with van der Waals surface area (Å²) in [5.41, 5.74) is 2.09. The number of hydrogen-bond acceptors (Lipinski definition) is 5. The molecule has 0 aromatic heterocycles. The van der Waals surface area contributed by atoms with Crippen molar-refractivity contribution in [3.8, 4) is 0 Å². The first-order chi connectivity index (χ1) is 9.72. The third-order valence-corrected chi connectivity index (χ3v) is 4.90. The van der Waals surface area contributed by atoms with Gasteiger partial charge in [-0.2, -0.15) is 0 Å². The number of aliphatic imine (C=N–C) groups is 1. The molecule has 0 aliphatic carbocycles. The van der Waals surface area contributed by atoms with Crippen LogP contribution in [-0.4, -0.2) is 30.2 Å². The van der Waals surface area contributed by atoms with E-state index in [9.17, 15) is 0 Å². The molecule has 2 heterocycles. The van der Waals surface area contributed by atoms with Crippen LogP contribution in [-0.2, 0) is 9.47 Å². The van der Waals surface area contributed by atoms with Crippen molar-refractivity contribution < 1.29 is 9.47 Å². The Hall–Kier alpha value is -1.04. The van der Waals surface area contributed by atoms with Gasteiger partial charge in [0.1, 0.15) is 0 Å². The predicted molar refractivity (Wildman–Crippen MR) is 83.2 cm³/mol. The summed E-state index contributed by atoms with van der Waals surface area (Å²) < 4.78 is 11.1. The predicted octanol–water partition coefficient (Wildman–Crippen LogP) is 3.27. The Morgan fingerprint density at radius 2 is 2.10 bits per heavy atom. The molecule has 2 aliphatic heterocycles. The zero-order chi connectivity index (χ0) is 13.9. The first kappa shape index (κ1) is 13.9. The molecular weight excluding hydrogens is 272 g/mol. The van der Waals surface area contributed by atoms with Crippen LogP contribution in [0.3, 0.4) is 0 Å². The Bertz CT molecular complexity index is 498. The molecule has 0 amide bonds. The van der Waals surface area contributed by atoms with Crippen molar-refractivity contribution in [1.29, 1.82) is 0 Å². The maximum atomic E-state index is 5.53. The van der Waals surface area contributed by atoms with Gasteiger partial charge >= 0.3 is 0 Å². The number of rotatable bonds is 3. The minimum absolute atomic E-state index is 0.224. The molecule has 0 saturated carbocycles. The van der Waals surface area contributed by atoms with Gasteiger partial charge in [-0.3, -0.25) is 4.99 Å². The first-order valence-corrected chi connectivity index (χ1v) is 7.91. The van der Waals surface area contributed by atoms with E-state index in [-0.39, 0.29) is 6.29 Å².